The quantitative estimate of drug-likeness (QED) is 0.907. The van der Waals surface area contributed by atoms with Gasteiger partial charge in [0, 0.05) is 16.8 Å². The van der Waals surface area contributed by atoms with Crippen LogP contribution in [0.5, 0.6) is 0 Å². The van der Waals surface area contributed by atoms with E-state index in [0.717, 1.165) is 17.7 Å². The van der Waals surface area contributed by atoms with E-state index in [1.807, 2.05) is 23.6 Å². The number of fused-ring (bicyclic) bond motifs is 1. The molecule has 0 fully saturated rings. The Balaban J connectivity index is 1.80. The molecule has 0 saturated carbocycles. The van der Waals surface area contributed by atoms with Gasteiger partial charge >= 0.3 is 0 Å². The first-order chi connectivity index (χ1) is 9.77. The van der Waals surface area contributed by atoms with E-state index in [2.05, 4.69) is 23.5 Å². The Morgan fingerprint density at radius 3 is 3.00 bits per heavy atom. The molecule has 1 aromatic heterocycles. The molecule has 1 aromatic carbocycles. The molecule has 2 aromatic rings. The molecule has 2 N–H and O–H groups in total. The summed E-state index contributed by atoms with van der Waals surface area (Å²) in [5.74, 6) is 0. The number of hydrogen-bond donors (Lipinski definition) is 2. The molecule has 1 heterocycles. The molecule has 0 bridgehead atoms. The predicted octanol–water partition coefficient (Wildman–Crippen LogP) is 2.54. The zero-order valence-electron chi connectivity index (χ0n) is 11.1. The highest BCUT2D eigenvalue weighted by atomic mass is 32.1. The molecule has 20 heavy (non-hydrogen) atoms. The van der Waals surface area contributed by atoms with Crippen molar-refractivity contribution in [1.82, 2.24) is 5.32 Å². The van der Waals surface area contributed by atoms with Crippen LogP contribution < -0.4 is 5.32 Å². The minimum atomic E-state index is -0.340. The molecular formula is C16H16N2OS. The highest BCUT2D eigenvalue weighted by Crippen LogP contribution is 2.36. The van der Waals surface area contributed by atoms with E-state index >= 15 is 0 Å². The van der Waals surface area contributed by atoms with E-state index in [1.165, 1.54) is 11.1 Å². The molecule has 0 spiro atoms. The van der Waals surface area contributed by atoms with E-state index < -0.39 is 0 Å². The van der Waals surface area contributed by atoms with Crippen molar-refractivity contribution in [2.75, 3.05) is 6.61 Å². The van der Waals surface area contributed by atoms with Gasteiger partial charge in [-0.3, -0.25) is 0 Å². The fourth-order valence-electron chi connectivity index (χ4n) is 2.88. The van der Waals surface area contributed by atoms with Crippen molar-refractivity contribution in [2.45, 2.75) is 24.9 Å². The van der Waals surface area contributed by atoms with Gasteiger partial charge in [0.25, 0.3) is 0 Å². The van der Waals surface area contributed by atoms with Crippen LogP contribution in [-0.2, 0) is 18.5 Å². The Hall–Kier alpha value is -1.67. The number of nitrogens with one attached hydrogen (secondary N) is 1. The van der Waals surface area contributed by atoms with Crippen molar-refractivity contribution in [3.8, 4) is 6.07 Å². The number of benzene rings is 1. The van der Waals surface area contributed by atoms with E-state index in [0.29, 0.717) is 12.1 Å². The second-order valence-corrected chi connectivity index (χ2v) is 6.16. The van der Waals surface area contributed by atoms with Crippen molar-refractivity contribution in [1.29, 1.82) is 5.26 Å². The molecule has 102 valence electrons. The van der Waals surface area contributed by atoms with Crippen LogP contribution in [0.2, 0.25) is 0 Å². The van der Waals surface area contributed by atoms with E-state index in [-0.39, 0.29) is 12.1 Å². The molecule has 1 aliphatic rings. The second kappa shape index (κ2) is 5.37. The normalized spacial score (nSPS) is 20.6. The van der Waals surface area contributed by atoms with Gasteiger partial charge in [-0.25, -0.2) is 0 Å². The Morgan fingerprint density at radius 1 is 1.40 bits per heavy atom. The molecule has 1 unspecified atom stereocenters. The van der Waals surface area contributed by atoms with Gasteiger partial charge in [0.1, 0.15) is 6.07 Å². The standard InChI is InChI=1S/C16H16N2OS/c17-8-12-7-14(20-10-12)9-18-16(11-19)6-5-13-3-1-2-4-15(13)16/h1-4,7,10,18-19H,5-6,9,11H2. The van der Waals surface area contributed by atoms with Crippen LogP contribution in [0.4, 0.5) is 0 Å². The van der Waals surface area contributed by atoms with Gasteiger partial charge in [-0.2, -0.15) is 5.26 Å². The van der Waals surface area contributed by atoms with Gasteiger partial charge in [0.15, 0.2) is 0 Å². The van der Waals surface area contributed by atoms with Crippen molar-refractivity contribution in [2.24, 2.45) is 0 Å². The van der Waals surface area contributed by atoms with Crippen molar-refractivity contribution < 1.29 is 5.11 Å². The first-order valence-corrected chi connectivity index (χ1v) is 7.57. The minimum Gasteiger partial charge on any atom is -0.394 e. The average Bonchev–Trinajstić information content (AvgIpc) is 3.10. The third kappa shape index (κ3) is 2.25. The summed E-state index contributed by atoms with van der Waals surface area (Å²) in [6.07, 6.45) is 1.91. The van der Waals surface area contributed by atoms with Crippen LogP contribution in [0.25, 0.3) is 0 Å². The molecule has 0 radical (unpaired) electrons. The maximum Gasteiger partial charge on any atom is 0.100 e. The van der Waals surface area contributed by atoms with Crippen LogP contribution in [0.3, 0.4) is 0 Å². The Bertz CT molecular complexity index is 658. The maximum absolute atomic E-state index is 9.88. The van der Waals surface area contributed by atoms with Gasteiger partial charge < -0.3 is 10.4 Å². The van der Waals surface area contributed by atoms with Gasteiger partial charge in [-0.15, -0.1) is 11.3 Å². The zero-order valence-corrected chi connectivity index (χ0v) is 11.9. The number of hydrogen-bond acceptors (Lipinski definition) is 4. The third-order valence-electron chi connectivity index (χ3n) is 4.01. The molecule has 3 rings (SSSR count). The SMILES string of the molecule is N#Cc1csc(CNC2(CO)CCc3ccccc32)c1. The summed E-state index contributed by atoms with van der Waals surface area (Å²) in [7, 11) is 0. The first kappa shape index (κ1) is 13.3. The van der Waals surface area contributed by atoms with Crippen LogP contribution in [0, 0.1) is 11.3 Å². The number of nitriles is 1. The molecule has 0 amide bonds. The lowest BCUT2D eigenvalue weighted by Crippen LogP contribution is -2.43. The summed E-state index contributed by atoms with van der Waals surface area (Å²) in [4.78, 5) is 1.12. The smallest absolute Gasteiger partial charge is 0.100 e. The van der Waals surface area contributed by atoms with Crippen LogP contribution >= 0.6 is 11.3 Å². The van der Waals surface area contributed by atoms with Gasteiger partial charge in [-0.05, 0) is 30.0 Å². The van der Waals surface area contributed by atoms with E-state index in [1.54, 1.807) is 11.3 Å². The van der Waals surface area contributed by atoms with E-state index in [4.69, 9.17) is 5.26 Å². The lowest BCUT2D eigenvalue weighted by molar-refractivity contribution is 0.159. The first-order valence-electron chi connectivity index (χ1n) is 6.69. The number of nitrogens with zero attached hydrogens (tertiary/aromatic N) is 1. The number of thiophene rings is 1. The van der Waals surface area contributed by atoms with Crippen molar-refractivity contribution in [3.63, 3.8) is 0 Å². The second-order valence-electron chi connectivity index (χ2n) is 5.16. The lowest BCUT2D eigenvalue weighted by atomic mass is 9.92. The molecule has 0 aliphatic heterocycles. The Kier molecular flexibility index (Phi) is 3.58. The predicted molar refractivity (Wildman–Crippen MR) is 79.4 cm³/mol. The average molecular weight is 284 g/mol. The number of aliphatic hydroxyl groups excluding tert-OH is 1. The summed E-state index contributed by atoms with van der Waals surface area (Å²) < 4.78 is 0. The monoisotopic (exact) mass is 284 g/mol. The summed E-state index contributed by atoms with van der Waals surface area (Å²) in [6, 6.07) is 12.4. The minimum absolute atomic E-state index is 0.0977. The van der Waals surface area contributed by atoms with Crippen molar-refractivity contribution in [3.05, 3.63) is 57.3 Å². The summed E-state index contributed by atoms with van der Waals surface area (Å²) in [6.45, 7) is 0.780. The topological polar surface area (TPSA) is 56.0 Å². The van der Waals surface area contributed by atoms with Crippen LogP contribution in [-0.4, -0.2) is 11.7 Å². The lowest BCUT2D eigenvalue weighted by Gasteiger charge is -2.29. The summed E-state index contributed by atoms with van der Waals surface area (Å²) >= 11 is 1.58. The molecule has 3 nitrogen and oxygen atoms in total. The van der Waals surface area contributed by atoms with E-state index in [9.17, 15) is 5.11 Å². The van der Waals surface area contributed by atoms with Crippen LogP contribution in [0.15, 0.2) is 35.7 Å². The number of aryl methyl sites for hydroxylation is 1. The Morgan fingerprint density at radius 2 is 2.25 bits per heavy atom. The number of rotatable bonds is 4. The molecule has 1 aliphatic carbocycles. The third-order valence-corrected chi connectivity index (χ3v) is 4.94. The maximum atomic E-state index is 9.88. The Labute approximate surface area is 122 Å². The highest BCUT2D eigenvalue weighted by molar-refractivity contribution is 7.10. The molecule has 0 saturated heterocycles. The fourth-order valence-corrected chi connectivity index (χ4v) is 3.63. The molecular weight excluding hydrogens is 268 g/mol. The van der Waals surface area contributed by atoms with Gasteiger partial charge in [0.2, 0.25) is 0 Å². The zero-order chi connectivity index (χ0) is 14.0. The molecule has 1 atom stereocenters. The number of aliphatic hydroxyl groups is 1. The largest absolute Gasteiger partial charge is 0.394 e. The highest BCUT2D eigenvalue weighted by Gasteiger charge is 2.37. The van der Waals surface area contributed by atoms with Crippen molar-refractivity contribution >= 4 is 11.3 Å². The molecule has 4 heteroatoms. The van der Waals surface area contributed by atoms with Gasteiger partial charge in [0.05, 0.1) is 17.7 Å². The van der Waals surface area contributed by atoms with Gasteiger partial charge in [-0.1, -0.05) is 24.3 Å². The summed E-state index contributed by atoms with van der Waals surface area (Å²) in [5, 5.41) is 24.1. The summed E-state index contributed by atoms with van der Waals surface area (Å²) in [5.41, 5.74) is 2.89. The van der Waals surface area contributed by atoms with Crippen LogP contribution in [0.1, 0.15) is 28.0 Å². The fraction of sp³-hybridized carbons (Fsp3) is 0.312.